The van der Waals surface area contributed by atoms with E-state index in [2.05, 4.69) is 15.1 Å². The van der Waals surface area contributed by atoms with E-state index in [1.165, 1.54) is 52.3 Å². The van der Waals surface area contributed by atoms with Crippen molar-refractivity contribution in [3.05, 3.63) is 35.4 Å². The fourth-order valence-electron chi connectivity index (χ4n) is 5.76. The third kappa shape index (κ3) is 5.47. The molecular formula is C25H37N3O3. The lowest BCUT2D eigenvalue weighted by atomic mass is 9.83. The van der Waals surface area contributed by atoms with Gasteiger partial charge in [0, 0.05) is 31.6 Å². The van der Waals surface area contributed by atoms with Crippen molar-refractivity contribution in [2.24, 2.45) is 5.92 Å². The summed E-state index contributed by atoms with van der Waals surface area (Å²) in [5, 5.41) is 3.51. The van der Waals surface area contributed by atoms with E-state index >= 15 is 0 Å². The molecule has 3 atom stereocenters. The minimum Gasteiger partial charge on any atom is -0.465 e. The molecule has 3 fully saturated rings. The molecule has 1 aromatic rings. The second-order valence-corrected chi connectivity index (χ2v) is 9.39. The molecule has 6 nitrogen and oxygen atoms in total. The molecule has 0 radical (unpaired) electrons. The van der Waals surface area contributed by atoms with Gasteiger partial charge in [0.2, 0.25) is 5.91 Å². The Morgan fingerprint density at radius 2 is 1.90 bits per heavy atom. The number of methoxy groups -OCH3 is 1. The number of carbonyl (C=O) groups excluding carboxylic acids is 2. The Kier molecular flexibility index (Phi) is 7.62. The van der Waals surface area contributed by atoms with E-state index < -0.39 is 0 Å². The van der Waals surface area contributed by atoms with Crippen LogP contribution in [-0.4, -0.2) is 67.0 Å². The van der Waals surface area contributed by atoms with Crippen LogP contribution in [0, 0.1) is 5.92 Å². The van der Waals surface area contributed by atoms with E-state index in [0.29, 0.717) is 35.9 Å². The minimum absolute atomic E-state index is 0.306. The second-order valence-electron chi connectivity index (χ2n) is 9.39. The summed E-state index contributed by atoms with van der Waals surface area (Å²) in [4.78, 5) is 29.1. The maximum atomic E-state index is 12.6. The largest absolute Gasteiger partial charge is 0.465 e. The highest BCUT2D eigenvalue weighted by Crippen LogP contribution is 2.33. The standard InChI is InChI=1S/C25H37N3O3/c1-31-25(30)20-9-7-19(8-10-20)17-26-14-13-22-11-12-24(29)28(22)18-21-5-4-16-27-15-3-2-6-23(21)27/h7-10,21-23,26H,2-6,11-18H2,1H3/t21-,22-,23+/m0/s1. The summed E-state index contributed by atoms with van der Waals surface area (Å²) in [5.74, 6) is 0.705. The fourth-order valence-corrected chi connectivity index (χ4v) is 5.76. The van der Waals surface area contributed by atoms with Crippen LogP contribution in [0.3, 0.4) is 0 Å². The molecule has 0 spiro atoms. The van der Waals surface area contributed by atoms with Crippen molar-refractivity contribution in [2.45, 2.75) is 70.0 Å². The van der Waals surface area contributed by atoms with E-state index in [1.807, 2.05) is 12.1 Å². The predicted octanol–water partition coefficient (Wildman–Crippen LogP) is 3.21. The lowest BCUT2D eigenvalue weighted by Crippen LogP contribution is -2.52. The van der Waals surface area contributed by atoms with Gasteiger partial charge in [0.05, 0.1) is 12.7 Å². The number of rotatable bonds is 8. The van der Waals surface area contributed by atoms with Gasteiger partial charge in [-0.05, 0) is 81.8 Å². The van der Waals surface area contributed by atoms with Gasteiger partial charge in [-0.25, -0.2) is 4.79 Å². The first-order chi connectivity index (χ1) is 15.2. The van der Waals surface area contributed by atoms with Gasteiger partial charge in [0.1, 0.15) is 0 Å². The van der Waals surface area contributed by atoms with E-state index in [0.717, 1.165) is 38.0 Å². The first kappa shape index (κ1) is 22.3. The number of nitrogens with one attached hydrogen (secondary N) is 1. The van der Waals surface area contributed by atoms with Crippen molar-refractivity contribution in [3.63, 3.8) is 0 Å². The normalized spacial score (nSPS) is 26.7. The molecule has 1 amide bonds. The first-order valence-corrected chi connectivity index (χ1v) is 12.1. The molecule has 3 aliphatic heterocycles. The molecule has 0 unspecified atom stereocenters. The average Bonchev–Trinajstić information content (AvgIpc) is 3.16. The number of piperidine rings is 2. The predicted molar refractivity (Wildman–Crippen MR) is 121 cm³/mol. The highest BCUT2D eigenvalue weighted by Gasteiger charge is 2.38. The van der Waals surface area contributed by atoms with Crippen LogP contribution in [0.15, 0.2) is 24.3 Å². The second kappa shape index (κ2) is 10.6. The molecule has 31 heavy (non-hydrogen) atoms. The molecule has 170 valence electrons. The van der Waals surface area contributed by atoms with Gasteiger partial charge >= 0.3 is 5.97 Å². The molecule has 0 saturated carbocycles. The van der Waals surface area contributed by atoms with E-state index in [4.69, 9.17) is 4.74 Å². The quantitative estimate of drug-likeness (QED) is 0.510. The number of esters is 1. The van der Waals surface area contributed by atoms with Crippen LogP contribution in [0.1, 0.15) is 67.3 Å². The molecule has 3 saturated heterocycles. The molecule has 1 aromatic carbocycles. The number of carbonyl (C=O) groups is 2. The van der Waals surface area contributed by atoms with Crippen molar-refractivity contribution in [1.82, 2.24) is 15.1 Å². The lowest BCUT2D eigenvalue weighted by Gasteiger charge is -2.46. The summed E-state index contributed by atoms with van der Waals surface area (Å²) in [6.07, 6.45) is 9.27. The number of hydrogen-bond acceptors (Lipinski definition) is 5. The Labute approximate surface area is 186 Å². The highest BCUT2D eigenvalue weighted by atomic mass is 16.5. The Morgan fingerprint density at radius 1 is 1.10 bits per heavy atom. The van der Waals surface area contributed by atoms with Crippen LogP contribution in [0.4, 0.5) is 0 Å². The molecule has 0 aliphatic carbocycles. The molecule has 4 rings (SSSR count). The first-order valence-electron chi connectivity index (χ1n) is 12.1. The lowest BCUT2D eigenvalue weighted by molar-refractivity contribution is -0.130. The van der Waals surface area contributed by atoms with E-state index in [-0.39, 0.29) is 5.97 Å². The molecule has 3 aliphatic rings. The Hall–Kier alpha value is -1.92. The topological polar surface area (TPSA) is 61.9 Å². The molecule has 3 heterocycles. The van der Waals surface area contributed by atoms with Crippen molar-refractivity contribution in [3.8, 4) is 0 Å². The van der Waals surface area contributed by atoms with Gasteiger partial charge in [-0.2, -0.15) is 0 Å². The number of benzene rings is 1. The van der Waals surface area contributed by atoms with Gasteiger partial charge < -0.3 is 19.9 Å². The number of likely N-dealkylation sites (tertiary alicyclic amines) is 1. The summed E-state index contributed by atoms with van der Waals surface area (Å²) in [5.41, 5.74) is 1.72. The van der Waals surface area contributed by atoms with E-state index in [9.17, 15) is 9.59 Å². The summed E-state index contributed by atoms with van der Waals surface area (Å²) in [6.45, 7) is 5.13. The SMILES string of the molecule is COC(=O)c1ccc(CNCC[C@@H]2CCC(=O)N2C[C@@H]2CCCN3CCCC[C@H]23)cc1. The molecular weight excluding hydrogens is 390 g/mol. The van der Waals surface area contributed by atoms with Crippen molar-refractivity contribution in [1.29, 1.82) is 0 Å². The van der Waals surface area contributed by atoms with Crippen molar-refractivity contribution in [2.75, 3.05) is 33.3 Å². The maximum Gasteiger partial charge on any atom is 0.337 e. The van der Waals surface area contributed by atoms with Gasteiger partial charge in [-0.15, -0.1) is 0 Å². The van der Waals surface area contributed by atoms with Crippen LogP contribution >= 0.6 is 0 Å². The third-order valence-electron chi connectivity index (χ3n) is 7.47. The number of hydrogen-bond donors (Lipinski definition) is 1. The summed E-state index contributed by atoms with van der Waals surface area (Å²) < 4.78 is 4.74. The van der Waals surface area contributed by atoms with Crippen LogP contribution < -0.4 is 5.32 Å². The molecule has 1 N–H and O–H groups in total. The van der Waals surface area contributed by atoms with E-state index in [1.54, 1.807) is 12.1 Å². The van der Waals surface area contributed by atoms with Crippen LogP contribution in [0.5, 0.6) is 0 Å². The summed E-state index contributed by atoms with van der Waals surface area (Å²) >= 11 is 0. The zero-order chi connectivity index (χ0) is 21.6. The monoisotopic (exact) mass is 427 g/mol. The minimum atomic E-state index is -0.306. The van der Waals surface area contributed by atoms with Crippen LogP contribution in [-0.2, 0) is 16.1 Å². The summed E-state index contributed by atoms with van der Waals surface area (Å²) in [6, 6.07) is 8.61. The Balaban J connectivity index is 1.24. The number of fused-ring (bicyclic) bond motifs is 1. The van der Waals surface area contributed by atoms with Crippen LogP contribution in [0.25, 0.3) is 0 Å². The van der Waals surface area contributed by atoms with Gasteiger partial charge in [-0.1, -0.05) is 18.6 Å². The smallest absolute Gasteiger partial charge is 0.337 e. The van der Waals surface area contributed by atoms with Crippen molar-refractivity contribution < 1.29 is 14.3 Å². The number of amides is 1. The molecule has 6 heteroatoms. The van der Waals surface area contributed by atoms with Gasteiger partial charge in [0.25, 0.3) is 0 Å². The van der Waals surface area contributed by atoms with Gasteiger partial charge in [0.15, 0.2) is 0 Å². The Bertz CT molecular complexity index is 749. The van der Waals surface area contributed by atoms with Crippen molar-refractivity contribution >= 4 is 11.9 Å². The Morgan fingerprint density at radius 3 is 2.71 bits per heavy atom. The zero-order valence-corrected chi connectivity index (χ0v) is 18.9. The number of ether oxygens (including phenoxy) is 1. The number of nitrogens with zero attached hydrogens (tertiary/aromatic N) is 2. The highest BCUT2D eigenvalue weighted by molar-refractivity contribution is 5.89. The van der Waals surface area contributed by atoms with Crippen LogP contribution in [0.2, 0.25) is 0 Å². The fraction of sp³-hybridized carbons (Fsp3) is 0.680. The van der Waals surface area contributed by atoms with Gasteiger partial charge in [-0.3, -0.25) is 4.79 Å². The molecule has 0 aromatic heterocycles. The zero-order valence-electron chi connectivity index (χ0n) is 18.9. The molecule has 0 bridgehead atoms. The average molecular weight is 428 g/mol. The third-order valence-corrected chi connectivity index (χ3v) is 7.47. The maximum absolute atomic E-state index is 12.6. The summed E-state index contributed by atoms with van der Waals surface area (Å²) in [7, 11) is 1.40.